The van der Waals surface area contributed by atoms with Crippen LogP contribution < -0.4 is 5.32 Å². The van der Waals surface area contributed by atoms with Crippen LogP contribution in [0.2, 0.25) is 0 Å². The topological polar surface area (TPSA) is 29.1 Å². The summed E-state index contributed by atoms with van der Waals surface area (Å²) in [5.41, 5.74) is 2.16. The monoisotopic (exact) mass is 309 g/mol. The van der Waals surface area contributed by atoms with E-state index >= 15 is 0 Å². The zero-order valence-electron chi connectivity index (χ0n) is 11.0. The molecule has 0 fully saturated rings. The highest BCUT2D eigenvalue weighted by atomic mass is 32.2. The van der Waals surface area contributed by atoms with Crippen molar-refractivity contribution >= 4 is 29.0 Å². The molecule has 5 heteroatoms. The minimum Gasteiger partial charge on any atom is -0.355 e. The van der Waals surface area contributed by atoms with Crippen LogP contribution in [0.1, 0.15) is 11.1 Å². The van der Waals surface area contributed by atoms with Crippen molar-refractivity contribution in [2.24, 2.45) is 0 Å². The molecule has 0 aliphatic heterocycles. The summed E-state index contributed by atoms with van der Waals surface area (Å²) in [7, 11) is 0. The molecular formula is C15H16FNOS2. The summed E-state index contributed by atoms with van der Waals surface area (Å²) in [6, 6.07) is 8.14. The van der Waals surface area contributed by atoms with Crippen LogP contribution in [0.25, 0.3) is 0 Å². The number of hydrogen-bond acceptors (Lipinski definition) is 3. The van der Waals surface area contributed by atoms with E-state index in [2.05, 4.69) is 22.1 Å². The number of nitrogens with one attached hydrogen (secondary N) is 1. The fraction of sp³-hybridized carbons (Fsp3) is 0.267. The molecule has 2 rings (SSSR count). The molecule has 106 valence electrons. The van der Waals surface area contributed by atoms with Gasteiger partial charge in [-0.05, 0) is 40.1 Å². The number of halogens is 1. The molecule has 2 aromatic rings. The normalized spacial score (nSPS) is 10.4. The number of amides is 1. The Balaban J connectivity index is 1.59. The standard InChI is InChI=1S/C15H16FNOS2/c16-14-3-1-12(2-4-14)9-15(18)17-6-8-20-11-13-5-7-19-10-13/h1-5,7,10H,6,8-9,11H2,(H,17,18). The molecule has 0 bridgehead atoms. The van der Waals surface area contributed by atoms with Crippen molar-refractivity contribution in [3.63, 3.8) is 0 Å². The van der Waals surface area contributed by atoms with Crippen LogP contribution in [0.3, 0.4) is 0 Å². The van der Waals surface area contributed by atoms with Gasteiger partial charge in [0.05, 0.1) is 6.42 Å². The molecule has 0 saturated carbocycles. The van der Waals surface area contributed by atoms with Gasteiger partial charge in [-0.3, -0.25) is 4.79 Å². The van der Waals surface area contributed by atoms with Crippen LogP contribution in [-0.4, -0.2) is 18.2 Å². The van der Waals surface area contributed by atoms with Gasteiger partial charge in [-0.25, -0.2) is 4.39 Å². The average molecular weight is 309 g/mol. The van der Waals surface area contributed by atoms with E-state index in [-0.39, 0.29) is 11.7 Å². The summed E-state index contributed by atoms with van der Waals surface area (Å²) >= 11 is 3.50. The second-order valence-corrected chi connectivity index (χ2v) is 6.22. The minimum atomic E-state index is -0.279. The number of rotatable bonds is 7. The van der Waals surface area contributed by atoms with Crippen LogP contribution in [0, 0.1) is 5.82 Å². The molecule has 1 aromatic carbocycles. The van der Waals surface area contributed by atoms with Gasteiger partial charge < -0.3 is 5.32 Å². The van der Waals surface area contributed by atoms with Crippen molar-refractivity contribution in [1.29, 1.82) is 0 Å². The Morgan fingerprint density at radius 2 is 2.00 bits per heavy atom. The van der Waals surface area contributed by atoms with Gasteiger partial charge in [0.2, 0.25) is 5.91 Å². The number of carbonyl (C=O) groups is 1. The fourth-order valence-corrected chi connectivity index (χ4v) is 3.26. The first kappa shape index (κ1) is 15.1. The predicted molar refractivity (Wildman–Crippen MR) is 83.6 cm³/mol. The highest BCUT2D eigenvalue weighted by Crippen LogP contribution is 2.14. The lowest BCUT2D eigenvalue weighted by Crippen LogP contribution is -2.27. The molecule has 1 aromatic heterocycles. The lowest BCUT2D eigenvalue weighted by molar-refractivity contribution is -0.120. The molecule has 1 heterocycles. The first-order chi connectivity index (χ1) is 9.74. The van der Waals surface area contributed by atoms with E-state index in [0.29, 0.717) is 13.0 Å². The Hall–Kier alpha value is -1.33. The van der Waals surface area contributed by atoms with Crippen molar-refractivity contribution in [3.8, 4) is 0 Å². The van der Waals surface area contributed by atoms with Crippen molar-refractivity contribution < 1.29 is 9.18 Å². The third-order valence-corrected chi connectivity index (χ3v) is 4.46. The second-order valence-electron chi connectivity index (χ2n) is 4.34. The quantitative estimate of drug-likeness (QED) is 0.793. The number of thioether (sulfide) groups is 1. The molecule has 0 aliphatic carbocycles. The van der Waals surface area contributed by atoms with Crippen molar-refractivity contribution in [2.45, 2.75) is 12.2 Å². The van der Waals surface area contributed by atoms with Crippen LogP contribution >= 0.6 is 23.1 Å². The highest BCUT2D eigenvalue weighted by molar-refractivity contribution is 7.98. The molecule has 2 nitrogen and oxygen atoms in total. The summed E-state index contributed by atoms with van der Waals surface area (Å²) in [6.45, 7) is 0.662. The Bertz CT molecular complexity index is 525. The Labute approximate surface area is 126 Å². The summed E-state index contributed by atoms with van der Waals surface area (Å²) < 4.78 is 12.7. The predicted octanol–water partition coefficient (Wildman–Crippen LogP) is 3.48. The van der Waals surface area contributed by atoms with Gasteiger partial charge in [-0.1, -0.05) is 12.1 Å². The van der Waals surface area contributed by atoms with Crippen LogP contribution in [-0.2, 0) is 17.0 Å². The average Bonchev–Trinajstić information content (AvgIpc) is 2.94. The van der Waals surface area contributed by atoms with E-state index in [1.165, 1.54) is 17.7 Å². The van der Waals surface area contributed by atoms with E-state index in [1.54, 1.807) is 35.2 Å². The molecule has 0 saturated heterocycles. The van der Waals surface area contributed by atoms with E-state index in [1.807, 2.05) is 0 Å². The Morgan fingerprint density at radius 1 is 1.20 bits per heavy atom. The van der Waals surface area contributed by atoms with Crippen LogP contribution in [0.4, 0.5) is 4.39 Å². The van der Waals surface area contributed by atoms with Gasteiger partial charge in [0.25, 0.3) is 0 Å². The molecule has 20 heavy (non-hydrogen) atoms. The summed E-state index contributed by atoms with van der Waals surface area (Å²) in [5, 5.41) is 7.08. The van der Waals surface area contributed by atoms with Gasteiger partial charge in [0.1, 0.15) is 5.82 Å². The van der Waals surface area contributed by atoms with Gasteiger partial charge in [-0.15, -0.1) is 0 Å². The van der Waals surface area contributed by atoms with Crippen LogP contribution in [0.5, 0.6) is 0 Å². The maximum atomic E-state index is 12.7. The zero-order chi connectivity index (χ0) is 14.2. The maximum absolute atomic E-state index is 12.7. The third-order valence-electron chi connectivity index (χ3n) is 2.70. The van der Waals surface area contributed by atoms with Crippen molar-refractivity contribution in [3.05, 3.63) is 58.0 Å². The summed E-state index contributed by atoms with van der Waals surface area (Å²) in [6.07, 6.45) is 0.301. The summed E-state index contributed by atoms with van der Waals surface area (Å²) in [5.74, 6) is 1.58. The van der Waals surface area contributed by atoms with Crippen LogP contribution in [0.15, 0.2) is 41.1 Å². The van der Waals surface area contributed by atoms with E-state index in [4.69, 9.17) is 0 Å². The second kappa shape index (κ2) is 8.07. The van der Waals surface area contributed by atoms with Gasteiger partial charge in [-0.2, -0.15) is 23.1 Å². The summed E-state index contributed by atoms with van der Waals surface area (Å²) in [4.78, 5) is 11.7. The number of benzene rings is 1. The van der Waals surface area contributed by atoms with E-state index < -0.39 is 0 Å². The zero-order valence-corrected chi connectivity index (χ0v) is 12.6. The van der Waals surface area contributed by atoms with Gasteiger partial charge >= 0.3 is 0 Å². The van der Waals surface area contributed by atoms with E-state index in [0.717, 1.165) is 17.1 Å². The number of hydrogen-bond donors (Lipinski definition) is 1. The molecular weight excluding hydrogens is 293 g/mol. The molecule has 0 spiro atoms. The highest BCUT2D eigenvalue weighted by Gasteiger charge is 2.03. The molecule has 0 aliphatic rings. The SMILES string of the molecule is O=C(Cc1ccc(F)cc1)NCCSCc1ccsc1. The Kier molecular flexibility index (Phi) is 6.08. The maximum Gasteiger partial charge on any atom is 0.224 e. The Morgan fingerprint density at radius 3 is 2.70 bits per heavy atom. The largest absolute Gasteiger partial charge is 0.355 e. The first-order valence-electron chi connectivity index (χ1n) is 6.34. The molecule has 0 atom stereocenters. The smallest absolute Gasteiger partial charge is 0.224 e. The fourth-order valence-electron chi connectivity index (χ4n) is 1.68. The van der Waals surface area contributed by atoms with Crippen molar-refractivity contribution in [1.82, 2.24) is 5.32 Å². The molecule has 1 amide bonds. The van der Waals surface area contributed by atoms with Crippen molar-refractivity contribution in [2.75, 3.05) is 12.3 Å². The lowest BCUT2D eigenvalue weighted by Gasteiger charge is -2.05. The molecule has 0 radical (unpaired) electrons. The first-order valence-corrected chi connectivity index (χ1v) is 8.44. The minimum absolute atomic E-state index is 0.0206. The van der Waals surface area contributed by atoms with Gasteiger partial charge in [0, 0.05) is 18.1 Å². The van der Waals surface area contributed by atoms with Gasteiger partial charge in [0.15, 0.2) is 0 Å². The van der Waals surface area contributed by atoms with E-state index in [9.17, 15) is 9.18 Å². The lowest BCUT2D eigenvalue weighted by atomic mass is 10.1. The molecule has 1 N–H and O–H groups in total. The molecule has 0 unspecified atom stereocenters. The number of thiophene rings is 1. The third kappa shape index (κ3) is 5.35. The number of carbonyl (C=O) groups excluding carboxylic acids is 1.